The van der Waals surface area contributed by atoms with Gasteiger partial charge in [0.1, 0.15) is 12.4 Å². The van der Waals surface area contributed by atoms with Gasteiger partial charge in [-0.3, -0.25) is 14.5 Å². The molecule has 1 N–H and O–H groups in total. The minimum Gasteiger partial charge on any atom is -0.492 e. The van der Waals surface area contributed by atoms with Crippen molar-refractivity contribution in [1.82, 2.24) is 9.80 Å². The zero-order chi connectivity index (χ0) is 18.9. The molecule has 26 heavy (non-hydrogen) atoms. The molecular formula is C20H28N2O4. The summed E-state index contributed by atoms with van der Waals surface area (Å²) in [4.78, 5) is 27.7. The number of rotatable bonds is 5. The Morgan fingerprint density at radius 1 is 1.31 bits per heavy atom. The summed E-state index contributed by atoms with van der Waals surface area (Å²) in [7, 11) is 1.75. The number of benzene rings is 1. The predicted molar refractivity (Wildman–Crippen MR) is 98.3 cm³/mol. The lowest BCUT2D eigenvalue weighted by Crippen LogP contribution is -2.56. The monoisotopic (exact) mass is 360 g/mol. The molecule has 2 heterocycles. The minimum atomic E-state index is -0.852. The molecular weight excluding hydrogens is 332 g/mol. The van der Waals surface area contributed by atoms with Crippen LogP contribution in [0.15, 0.2) is 18.2 Å². The zero-order valence-electron chi connectivity index (χ0n) is 15.8. The first-order valence-corrected chi connectivity index (χ1v) is 9.25. The fourth-order valence-electron chi connectivity index (χ4n) is 4.39. The summed E-state index contributed by atoms with van der Waals surface area (Å²) >= 11 is 0. The van der Waals surface area contributed by atoms with E-state index in [4.69, 9.17) is 4.74 Å². The van der Waals surface area contributed by atoms with Crippen LogP contribution in [0.2, 0.25) is 0 Å². The number of carbonyl (C=O) groups is 2. The third kappa shape index (κ3) is 3.43. The van der Waals surface area contributed by atoms with Gasteiger partial charge in [0.15, 0.2) is 0 Å². The molecule has 2 fully saturated rings. The zero-order valence-corrected chi connectivity index (χ0v) is 15.8. The largest absolute Gasteiger partial charge is 0.492 e. The summed E-state index contributed by atoms with van der Waals surface area (Å²) in [6.45, 7) is 7.10. The second kappa shape index (κ2) is 7.27. The molecule has 0 unspecified atom stereocenters. The molecule has 2 aliphatic rings. The van der Waals surface area contributed by atoms with Crippen LogP contribution in [-0.2, 0) is 9.59 Å². The Hall–Kier alpha value is -2.08. The average molecular weight is 360 g/mol. The van der Waals surface area contributed by atoms with E-state index in [0.717, 1.165) is 30.9 Å². The lowest BCUT2D eigenvalue weighted by Gasteiger charge is -2.45. The Bertz CT molecular complexity index is 695. The highest BCUT2D eigenvalue weighted by atomic mass is 16.5. The number of aryl methyl sites for hydroxylation is 2. The van der Waals surface area contributed by atoms with Crippen molar-refractivity contribution < 1.29 is 19.4 Å². The molecule has 6 heteroatoms. The summed E-state index contributed by atoms with van der Waals surface area (Å²) in [6.07, 6.45) is 1.53. The Balaban J connectivity index is 1.53. The topological polar surface area (TPSA) is 70.1 Å². The van der Waals surface area contributed by atoms with Crippen molar-refractivity contribution in [3.05, 3.63) is 29.3 Å². The SMILES string of the molecule is Cc1ccc(OCCN2CCC3(CC2)[C@H](C(=O)O)CC(=O)N3C)c(C)c1. The number of aliphatic carboxylic acids is 1. The van der Waals surface area contributed by atoms with Crippen molar-refractivity contribution in [3.8, 4) is 5.75 Å². The smallest absolute Gasteiger partial charge is 0.309 e. The lowest BCUT2D eigenvalue weighted by molar-refractivity contribution is -0.146. The maximum absolute atomic E-state index is 12.1. The molecule has 0 aliphatic carbocycles. The van der Waals surface area contributed by atoms with E-state index in [1.165, 1.54) is 5.56 Å². The Labute approximate surface area is 154 Å². The van der Waals surface area contributed by atoms with E-state index in [0.29, 0.717) is 19.4 Å². The fourth-order valence-corrected chi connectivity index (χ4v) is 4.39. The highest BCUT2D eigenvalue weighted by molar-refractivity contribution is 5.88. The van der Waals surface area contributed by atoms with Crippen LogP contribution in [0.3, 0.4) is 0 Å². The van der Waals surface area contributed by atoms with E-state index in [1.54, 1.807) is 11.9 Å². The molecule has 0 radical (unpaired) electrons. The van der Waals surface area contributed by atoms with E-state index in [2.05, 4.69) is 17.9 Å². The second-order valence-corrected chi connectivity index (χ2v) is 7.61. The van der Waals surface area contributed by atoms with Crippen LogP contribution in [0, 0.1) is 19.8 Å². The number of carbonyl (C=O) groups excluding carboxylic acids is 1. The molecule has 0 saturated carbocycles. The number of carboxylic acids is 1. The number of likely N-dealkylation sites (tertiary alicyclic amines) is 2. The number of hydrogen-bond acceptors (Lipinski definition) is 4. The van der Waals surface area contributed by atoms with E-state index >= 15 is 0 Å². The molecule has 6 nitrogen and oxygen atoms in total. The number of ether oxygens (including phenoxy) is 1. The third-order valence-corrected chi connectivity index (χ3v) is 6.08. The van der Waals surface area contributed by atoms with Crippen molar-refractivity contribution in [1.29, 1.82) is 0 Å². The highest BCUT2D eigenvalue weighted by Crippen LogP contribution is 2.42. The van der Waals surface area contributed by atoms with Gasteiger partial charge in [-0.2, -0.15) is 0 Å². The molecule has 1 aromatic rings. The normalized spacial score (nSPS) is 22.8. The van der Waals surface area contributed by atoms with E-state index in [1.807, 2.05) is 19.1 Å². The van der Waals surface area contributed by atoms with Crippen LogP contribution >= 0.6 is 0 Å². The van der Waals surface area contributed by atoms with Crippen LogP contribution in [0.5, 0.6) is 5.75 Å². The van der Waals surface area contributed by atoms with Gasteiger partial charge in [0.05, 0.1) is 11.5 Å². The number of hydrogen-bond donors (Lipinski definition) is 1. The fraction of sp³-hybridized carbons (Fsp3) is 0.600. The number of piperidine rings is 1. The van der Waals surface area contributed by atoms with E-state index in [-0.39, 0.29) is 12.3 Å². The minimum absolute atomic E-state index is 0.0518. The summed E-state index contributed by atoms with van der Waals surface area (Å²) in [5, 5.41) is 9.53. The molecule has 142 valence electrons. The molecule has 0 bridgehead atoms. The predicted octanol–water partition coefficient (Wildman–Crippen LogP) is 2.08. The van der Waals surface area contributed by atoms with Crippen LogP contribution in [0.4, 0.5) is 0 Å². The van der Waals surface area contributed by atoms with E-state index < -0.39 is 17.4 Å². The van der Waals surface area contributed by atoms with Crippen molar-refractivity contribution in [2.75, 3.05) is 33.3 Å². The van der Waals surface area contributed by atoms with Gasteiger partial charge in [0.2, 0.25) is 5.91 Å². The van der Waals surface area contributed by atoms with Crippen LogP contribution in [-0.4, -0.2) is 65.6 Å². The van der Waals surface area contributed by atoms with Crippen molar-refractivity contribution in [2.24, 2.45) is 5.92 Å². The standard InChI is InChI=1S/C20H28N2O4/c1-14-4-5-17(15(2)12-14)26-11-10-22-8-6-20(7-9-22)16(19(24)25)13-18(23)21(20)3/h4-5,12,16H,6-11,13H2,1-3H3,(H,24,25)/t16-/m0/s1. The van der Waals surface area contributed by atoms with Gasteiger partial charge in [-0.15, -0.1) is 0 Å². The average Bonchev–Trinajstić information content (AvgIpc) is 2.84. The molecule has 2 saturated heterocycles. The molecule has 1 amide bonds. The Kier molecular flexibility index (Phi) is 5.23. The number of nitrogens with zero attached hydrogens (tertiary/aromatic N) is 2. The summed E-state index contributed by atoms with van der Waals surface area (Å²) in [6, 6.07) is 6.16. The second-order valence-electron chi connectivity index (χ2n) is 7.61. The van der Waals surface area contributed by atoms with E-state index in [9.17, 15) is 14.7 Å². The number of carboxylic acid groups (broad SMARTS) is 1. The molecule has 1 spiro atoms. The van der Waals surface area contributed by atoms with Crippen LogP contribution < -0.4 is 4.74 Å². The maximum atomic E-state index is 12.1. The van der Waals surface area contributed by atoms with Gasteiger partial charge in [0, 0.05) is 33.1 Å². The van der Waals surface area contributed by atoms with Crippen molar-refractivity contribution in [3.63, 3.8) is 0 Å². The summed E-state index contributed by atoms with van der Waals surface area (Å²) < 4.78 is 5.91. The molecule has 0 aromatic heterocycles. The highest BCUT2D eigenvalue weighted by Gasteiger charge is 2.55. The molecule has 1 atom stereocenters. The molecule has 2 aliphatic heterocycles. The first-order chi connectivity index (χ1) is 12.3. The van der Waals surface area contributed by atoms with Gasteiger partial charge >= 0.3 is 5.97 Å². The van der Waals surface area contributed by atoms with Gasteiger partial charge in [-0.25, -0.2) is 0 Å². The lowest BCUT2D eigenvalue weighted by atomic mass is 9.77. The molecule has 3 rings (SSSR count). The quantitative estimate of drug-likeness (QED) is 0.871. The van der Waals surface area contributed by atoms with Gasteiger partial charge in [0.25, 0.3) is 0 Å². The maximum Gasteiger partial charge on any atom is 0.309 e. The Morgan fingerprint density at radius 2 is 2.00 bits per heavy atom. The van der Waals surface area contributed by atoms with Crippen molar-refractivity contribution in [2.45, 2.75) is 38.6 Å². The first kappa shape index (κ1) is 18.7. The summed E-state index contributed by atoms with van der Waals surface area (Å²) in [5.74, 6) is -0.580. The van der Waals surface area contributed by atoms with Gasteiger partial charge in [-0.1, -0.05) is 17.7 Å². The number of amides is 1. The van der Waals surface area contributed by atoms with Gasteiger partial charge in [-0.05, 0) is 38.3 Å². The molecule has 1 aromatic carbocycles. The van der Waals surface area contributed by atoms with Gasteiger partial charge < -0.3 is 14.7 Å². The first-order valence-electron chi connectivity index (χ1n) is 9.25. The van der Waals surface area contributed by atoms with Crippen molar-refractivity contribution >= 4 is 11.9 Å². The third-order valence-electron chi connectivity index (χ3n) is 6.08. The summed E-state index contributed by atoms with van der Waals surface area (Å²) in [5.41, 5.74) is 1.84. The Morgan fingerprint density at radius 3 is 2.62 bits per heavy atom. The van der Waals surface area contributed by atoms with Crippen LogP contribution in [0.25, 0.3) is 0 Å². The van der Waals surface area contributed by atoms with Crippen LogP contribution in [0.1, 0.15) is 30.4 Å².